The number of hydrogen-bond acceptors (Lipinski definition) is 2. The molecule has 0 aromatic heterocycles. The maximum atomic E-state index is 6.11. The highest BCUT2D eigenvalue weighted by atomic mass is 16.5. The molecule has 0 bridgehead atoms. The summed E-state index contributed by atoms with van der Waals surface area (Å²) in [6.07, 6.45) is 2.48. The van der Waals surface area contributed by atoms with E-state index in [2.05, 4.69) is 71.1 Å². The summed E-state index contributed by atoms with van der Waals surface area (Å²) in [6.45, 7) is 14.2. The van der Waals surface area contributed by atoms with Gasteiger partial charge in [-0.05, 0) is 64.6 Å². The summed E-state index contributed by atoms with van der Waals surface area (Å²) in [4.78, 5) is 0. The molecule has 0 aliphatic heterocycles. The minimum Gasteiger partial charge on any atom is -0.490 e. The van der Waals surface area contributed by atoms with Crippen molar-refractivity contribution in [2.45, 2.75) is 71.9 Å². The Labute approximate surface area is 124 Å². The van der Waals surface area contributed by atoms with Crippen LogP contribution in [0.2, 0.25) is 0 Å². The molecule has 0 fully saturated rings. The van der Waals surface area contributed by atoms with Gasteiger partial charge in [-0.3, -0.25) is 0 Å². The van der Waals surface area contributed by atoms with Gasteiger partial charge < -0.3 is 10.1 Å². The third kappa shape index (κ3) is 6.42. The van der Waals surface area contributed by atoms with E-state index >= 15 is 0 Å². The van der Waals surface area contributed by atoms with Crippen LogP contribution in [0.25, 0.3) is 0 Å². The van der Waals surface area contributed by atoms with E-state index in [-0.39, 0.29) is 11.6 Å². The first kappa shape index (κ1) is 17.0. The first-order valence-electron chi connectivity index (χ1n) is 7.80. The molecule has 0 spiro atoms. The lowest BCUT2D eigenvalue weighted by Crippen LogP contribution is -2.36. The largest absolute Gasteiger partial charge is 0.490 e. The maximum Gasteiger partial charge on any atom is 0.123 e. The average Bonchev–Trinajstić information content (AvgIpc) is 2.34. The average molecular weight is 277 g/mol. The fourth-order valence-electron chi connectivity index (χ4n) is 2.19. The summed E-state index contributed by atoms with van der Waals surface area (Å²) in [7, 11) is 0. The van der Waals surface area contributed by atoms with Crippen molar-refractivity contribution >= 4 is 0 Å². The molecule has 0 heterocycles. The molecule has 1 N–H and O–H groups in total. The van der Waals surface area contributed by atoms with Crippen molar-refractivity contribution in [2.24, 2.45) is 0 Å². The second-order valence-corrected chi connectivity index (χ2v) is 6.94. The van der Waals surface area contributed by atoms with Crippen LogP contribution in [-0.2, 0) is 0 Å². The molecule has 114 valence electrons. The zero-order valence-electron chi connectivity index (χ0n) is 14.0. The summed E-state index contributed by atoms with van der Waals surface area (Å²) < 4.78 is 6.11. The quantitative estimate of drug-likeness (QED) is 0.726. The van der Waals surface area contributed by atoms with E-state index in [1.165, 1.54) is 5.56 Å². The van der Waals surface area contributed by atoms with Gasteiger partial charge in [0.2, 0.25) is 0 Å². The van der Waals surface area contributed by atoms with Gasteiger partial charge in [0.1, 0.15) is 5.75 Å². The van der Waals surface area contributed by atoms with E-state index in [9.17, 15) is 0 Å². The first-order valence-corrected chi connectivity index (χ1v) is 7.80. The van der Waals surface area contributed by atoms with E-state index in [1.54, 1.807) is 0 Å². The molecule has 0 amide bonds. The molecule has 20 heavy (non-hydrogen) atoms. The number of ether oxygens (including phenoxy) is 1. The Morgan fingerprint density at radius 2 is 1.75 bits per heavy atom. The highest BCUT2D eigenvalue weighted by Crippen LogP contribution is 2.27. The zero-order valence-corrected chi connectivity index (χ0v) is 14.0. The Morgan fingerprint density at radius 3 is 2.35 bits per heavy atom. The van der Waals surface area contributed by atoms with Crippen LogP contribution in [0.1, 0.15) is 65.9 Å². The van der Waals surface area contributed by atoms with Gasteiger partial charge in [-0.1, -0.05) is 32.0 Å². The number of hydrogen-bond donors (Lipinski definition) is 1. The van der Waals surface area contributed by atoms with Crippen molar-refractivity contribution in [1.29, 1.82) is 0 Å². The van der Waals surface area contributed by atoms with Crippen molar-refractivity contribution in [2.75, 3.05) is 6.54 Å². The molecule has 2 heteroatoms. The third-order valence-corrected chi connectivity index (χ3v) is 3.31. The van der Waals surface area contributed by atoms with E-state index < -0.39 is 0 Å². The van der Waals surface area contributed by atoms with Crippen LogP contribution >= 0.6 is 0 Å². The molecular weight excluding hydrogens is 246 g/mol. The lowest BCUT2D eigenvalue weighted by molar-refractivity contribution is 0.203. The van der Waals surface area contributed by atoms with Crippen molar-refractivity contribution in [3.8, 4) is 5.75 Å². The van der Waals surface area contributed by atoms with Gasteiger partial charge in [0, 0.05) is 5.54 Å². The SMILES string of the molecule is CC(CCCNC(C)(C)C)Oc1ccccc1C(C)C. The number of para-hydroxylation sites is 1. The van der Waals surface area contributed by atoms with Crippen LogP contribution in [0.5, 0.6) is 5.75 Å². The summed E-state index contributed by atoms with van der Waals surface area (Å²) in [6, 6.07) is 8.38. The van der Waals surface area contributed by atoms with Crippen LogP contribution < -0.4 is 10.1 Å². The van der Waals surface area contributed by atoms with E-state index in [0.29, 0.717) is 5.92 Å². The normalized spacial score (nSPS) is 13.6. The topological polar surface area (TPSA) is 21.3 Å². The van der Waals surface area contributed by atoms with Crippen LogP contribution in [0, 0.1) is 0 Å². The molecule has 1 atom stereocenters. The van der Waals surface area contributed by atoms with Gasteiger partial charge >= 0.3 is 0 Å². The van der Waals surface area contributed by atoms with Crippen molar-refractivity contribution < 1.29 is 4.74 Å². The Morgan fingerprint density at radius 1 is 1.10 bits per heavy atom. The minimum absolute atomic E-state index is 0.203. The smallest absolute Gasteiger partial charge is 0.123 e. The molecular formula is C18H31NO. The summed E-state index contributed by atoms with van der Waals surface area (Å²) in [5.74, 6) is 1.54. The highest BCUT2D eigenvalue weighted by molar-refractivity contribution is 5.35. The lowest BCUT2D eigenvalue weighted by atomic mass is 10.0. The molecule has 0 saturated heterocycles. The molecule has 1 unspecified atom stereocenters. The predicted molar refractivity (Wildman–Crippen MR) is 87.6 cm³/mol. The Kier molecular flexibility index (Phi) is 6.54. The number of nitrogens with one attached hydrogen (secondary N) is 1. The van der Waals surface area contributed by atoms with Crippen LogP contribution in [0.15, 0.2) is 24.3 Å². The molecule has 1 aromatic carbocycles. The molecule has 1 rings (SSSR count). The van der Waals surface area contributed by atoms with Crippen molar-refractivity contribution in [3.63, 3.8) is 0 Å². The summed E-state index contributed by atoms with van der Waals surface area (Å²) in [5.41, 5.74) is 1.50. The standard InChI is InChI=1S/C18H31NO/c1-14(2)16-11-7-8-12-17(16)20-15(3)10-9-13-19-18(4,5)6/h7-8,11-12,14-15,19H,9-10,13H2,1-6H3. The Balaban J connectivity index is 2.41. The fourth-order valence-corrected chi connectivity index (χ4v) is 2.19. The molecule has 1 aromatic rings. The van der Waals surface area contributed by atoms with Crippen molar-refractivity contribution in [1.82, 2.24) is 5.32 Å². The number of rotatable bonds is 7. The van der Waals surface area contributed by atoms with E-state index in [4.69, 9.17) is 4.74 Å². The predicted octanol–water partition coefficient (Wildman–Crippen LogP) is 4.75. The summed E-state index contributed by atoms with van der Waals surface area (Å²) >= 11 is 0. The zero-order chi connectivity index (χ0) is 15.2. The third-order valence-electron chi connectivity index (χ3n) is 3.31. The van der Waals surface area contributed by atoms with Gasteiger partial charge in [-0.2, -0.15) is 0 Å². The fraction of sp³-hybridized carbons (Fsp3) is 0.667. The van der Waals surface area contributed by atoms with Gasteiger partial charge in [0.25, 0.3) is 0 Å². The monoisotopic (exact) mass is 277 g/mol. The van der Waals surface area contributed by atoms with Crippen molar-refractivity contribution in [3.05, 3.63) is 29.8 Å². The second kappa shape index (κ2) is 7.68. The van der Waals surface area contributed by atoms with Crippen LogP contribution in [0.3, 0.4) is 0 Å². The molecule has 0 saturated carbocycles. The van der Waals surface area contributed by atoms with Gasteiger partial charge in [-0.25, -0.2) is 0 Å². The molecule has 0 aliphatic rings. The van der Waals surface area contributed by atoms with Crippen LogP contribution in [0.4, 0.5) is 0 Å². The second-order valence-electron chi connectivity index (χ2n) is 6.94. The van der Waals surface area contributed by atoms with Crippen LogP contribution in [-0.4, -0.2) is 18.2 Å². The molecule has 0 radical (unpaired) electrons. The highest BCUT2D eigenvalue weighted by Gasteiger charge is 2.11. The van der Waals surface area contributed by atoms with E-state index in [0.717, 1.165) is 25.1 Å². The number of benzene rings is 1. The van der Waals surface area contributed by atoms with Gasteiger partial charge in [0.05, 0.1) is 6.10 Å². The molecule has 2 nitrogen and oxygen atoms in total. The van der Waals surface area contributed by atoms with Gasteiger partial charge in [-0.15, -0.1) is 0 Å². The first-order chi connectivity index (χ1) is 9.29. The minimum atomic E-state index is 0.203. The lowest BCUT2D eigenvalue weighted by Gasteiger charge is -2.22. The summed E-state index contributed by atoms with van der Waals surface area (Å²) in [5, 5.41) is 3.52. The van der Waals surface area contributed by atoms with Gasteiger partial charge in [0.15, 0.2) is 0 Å². The molecule has 0 aliphatic carbocycles. The maximum absolute atomic E-state index is 6.11. The van der Waals surface area contributed by atoms with E-state index in [1.807, 2.05) is 0 Å². The Hall–Kier alpha value is -1.02. The Bertz CT molecular complexity index is 393.